The van der Waals surface area contributed by atoms with Crippen molar-refractivity contribution >= 4 is 27.7 Å². The summed E-state index contributed by atoms with van der Waals surface area (Å²) in [6.07, 6.45) is 5.12. The largest absolute Gasteiger partial charge is 0.126 e. The van der Waals surface area contributed by atoms with Crippen LogP contribution in [0.1, 0.15) is 30.4 Å². The molecule has 21 heavy (non-hydrogen) atoms. The van der Waals surface area contributed by atoms with E-state index in [1.165, 1.54) is 36.3 Å². The number of alkyl halides is 1. The van der Waals surface area contributed by atoms with Crippen LogP contribution in [0.25, 0.3) is 0 Å². The molecule has 0 spiro atoms. The monoisotopic (exact) mass is 360 g/mol. The molecular weight excluding hydrogens is 340 g/mol. The second-order valence-electron chi connectivity index (χ2n) is 5.84. The predicted molar refractivity (Wildman–Crippen MR) is 96.6 cm³/mol. The van der Waals surface area contributed by atoms with Gasteiger partial charge in [0.05, 0.1) is 0 Å². The highest BCUT2D eigenvalue weighted by molar-refractivity contribution is 9.09. The highest BCUT2D eigenvalue weighted by Crippen LogP contribution is 2.42. The predicted octanol–water partition coefficient (Wildman–Crippen LogP) is 5.84. The number of halogens is 1. The molecule has 0 bridgehead atoms. The molecule has 2 heteroatoms. The van der Waals surface area contributed by atoms with Crippen molar-refractivity contribution in [3.05, 3.63) is 65.7 Å². The van der Waals surface area contributed by atoms with Gasteiger partial charge in [0.25, 0.3) is 0 Å². The van der Waals surface area contributed by atoms with Crippen molar-refractivity contribution in [2.24, 2.45) is 0 Å². The smallest absolute Gasteiger partial charge is 0.0129 e. The standard InChI is InChI=1S/C19H21BrS/c20-15-19(13-14-21-17-9-2-1-3-10-17)12-6-8-16-7-4-5-11-18(16)19/h1-5,7,9-11H,6,8,12-15H2. The maximum absolute atomic E-state index is 3.82. The number of fused-ring (bicyclic) bond motifs is 1. The summed E-state index contributed by atoms with van der Waals surface area (Å²) >= 11 is 5.80. The fourth-order valence-corrected chi connectivity index (χ4v) is 5.29. The second kappa shape index (κ2) is 7.02. The highest BCUT2D eigenvalue weighted by Gasteiger charge is 2.34. The molecule has 0 amide bonds. The summed E-state index contributed by atoms with van der Waals surface area (Å²) in [6, 6.07) is 19.8. The van der Waals surface area contributed by atoms with E-state index in [4.69, 9.17) is 0 Å². The third-order valence-corrected chi connectivity index (χ3v) is 6.63. The first-order chi connectivity index (χ1) is 10.3. The number of rotatable bonds is 5. The normalized spacial score (nSPS) is 21.0. The molecule has 1 aliphatic carbocycles. The summed E-state index contributed by atoms with van der Waals surface area (Å²) in [5, 5.41) is 1.08. The third kappa shape index (κ3) is 3.37. The van der Waals surface area contributed by atoms with E-state index in [9.17, 15) is 0 Å². The van der Waals surface area contributed by atoms with Gasteiger partial charge >= 0.3 is 0 Å². The topological polar surface area (TPSA) is 0 Å². The maximum atomic E-state index is 3.82. The Morgan fingerprint density at radius 3 is 2.57 bits per heavy atom. The van der Waals surface area contributed by atoms with Crippen molar-refractivity contribution in [2.45, 2.75) is 36.0 Å². The van der Waals surface area contributed by atoms with E-state index in [0.29, 0.717) is 5.41 Å². The van der Waals surface area contributed by atoms with Crippen molar-refractivity contribution < 1.29 is 0 Å². The summed E-state index contributed by atoms with van der Waals surface area (Å²) in [6.45, 7) is 0. The summed E-state index contributed by atoms with van der Waals surface area (Å²) in [5.74, 6) is 1.18. The molecule has 2 aromatic carbocycles. The lowest BCUT2D eigenvalue weighted by molar-refractivity contribution is 0.394. The summed E-state index contributed by atoms with van der Waals surface area (Å²) in [5.41, 5.74) is 3.48. The molecule has 110 valence electrons. The molecule has 3 rings (SSSR count). The second-order valence-corrected chi connectivity index (χ2v) is 7.57. The van der Waals surface area contributed by atoms with Gasteiger partial charge in [0.2, 0.25) is 0 Å². The molecular formula is C19H21BrS. The highest BCUT2D eigenvalue weighted by atomic mass is 79.9. The van der Waals surface area contributed by atoms with E-state index in [1.807, 2.05) is 11.8 Å². The fourth-order valence-electron chi connectivity index (χ4n) is 3.35. The minimum Gasteiger partial charge on any atom is -0.126 e. The van der Waals surface area contributed by atoms with E-state index in [1.54, 1.807) is 11.1 Å². The lowest BCUT2D eigenvalue weighted by Gasteiger charge is -2.38. The van der Waals surface area contributed by atoms with Crippen molar-refractivity contribution in [3.8, 4) is 0 Å². The van der Waals surface area contributed by atoms with Gasteiger partial charge in [-0.05, 0) is 54.7 Å². The quantitative estimate of drug-likeness (QED) is 0.476. The molecule has 0 heterocycles. The molecule has 1 atom stereocenters. The Morgan fingerprint density at radius 1 is 1.00 bits per heavy atom. The molecule has 1 unspecified atom stereocenters. The Bertz CT molecular complexity index is 581. The number of thioether (sulfide) groups is 1. The van der Waals surface area contributed by atoms with Gasteiger partial charge in [-0.25, -0.2) is 0 Å². The van der Waals surface area contributed by atoms with Gasteiger partial charge in [0.1, 0.15) is 0 Å². The van der Waals surface area contributed by atoms with Crippen LogP contribution in [0, 0.1) is 0 Å². The van der Waals surface area contributed by atoms with Gasteiger partial charge < -0.3 is 0 Å². The van der Waals surface area contributed by atoms with Gasteiger partial charge in [0, 0.05) is 15.6 Å². The van der Waals surface area contributed by atoms with E-state index in [-0.39, 0.29) is 0 Å². The van der Waals surface area contributed by atoms with Crippen LogP contribution >= 0.6 is 27.7 Å². The van der Waals surface area contributed by atoms with Crippen LogP contribution in [0.2, 0.25) is 0 Å². The molecule has 0 aromatic heterocycles. The molecule has 1 aliphatic rings. The Morgan fingerprint density at radius 2 is 1.76 bits per heavy atom. The van der Waals surface area contributed by atoms with Crippen LogP contribution in [0.5, 0.6) is 0 Å². The molecule has 0 nitrogen and oxygen atoms in total. The third-order valence-electron chi connectivity index (χ3n) is 4.54. The van der Waals surface area contributed by atoms with Crippen LogP contribution in [-0.4, -0.2) is 11.1 Å². The number of aryl methyl sites for hydroxylation is 1. The van der Waals surface area contributed by atoms with Gasteiger partial charge in [-0.15, -0.1) is 11.8 Å². The first-order valence-electron chi connectivity index (χ1n) is 7.66. The van der Waals surface area contributed by atoms with Crippen LogP contribution < -0.4 is 0 Å². The zero-order valence-corrected chi connectivity index (χ0v) is 14.6. The zero-order chi connectivity index (χ0) is 14.5. The Balaban J connectivity index is 1.73. The Hall–Kier alpha value is -0.730. The number of hydrogen-bond donors (Lipinski definition) is 0. The van der Waals surface area contributed by atoms with E-state index >= 15 is 0 Å². The molecule has 2 aromatic rings. The zero-order valence-electron chi connectivity index (χ0n) is 12.2. The first-order valence-corrected chi connectivity index (χ1v) is 9.77. The van der Waals surface area contributed by atoms with Gasteiger partial charge in [-0.1, -0.05) is 58.4 Å². The van der Waals surface area contributed by atoms with Crippen LogP contribution in [-0.2, 0) is 11.8 Å². The van der Waals surface area contributed by atoms with Crippen LogP contribution in [0.4, 0.5) is 0 Å². The van der Waals surface area contributed by atoms with E-state index in [2.05, 4.69) is 70.5 Å². The average Bonchev–Trinajstić information content (AvgIpc) is 2.56. The molecule has 0 aliphatic heterocycles. The molecule has 0 fully saturated rings. The van der Waals surface area contributed by atoms with Crippen LogP contribution in [0.15, 0.2) is 59.5 Å². The number of hydrogen-bond acceptors (Lipinski definition) is 1. The summed E-state index contributed by atoms with van der Waals surface area (Å²) in [7, 11) is 0. The Kier molecular flexibility index (Phi) is 5.07. The average molecular weight is 361 g/mol. The minimum atomic E-state index is 0.330. The lowest BCUT2D eigenvalue weighted by Crippen LogP contribution is -2.33. The van der Waals surface area contributed by atoms with E-state index in [0.717, 1.165) is 5.33 Å². The molecule has 0 N–H and O–H groups in total. The van der Waals surface area contributed by atoms with Crippen molar-refractivity contribution in [3.63, 3.8) is 0 Å². The molecule has 0 saturated heterocycles. The fraction of sp³-hybridized carbons (Fsp3) is 0.368. The van der Waals surface area contributed by atoms with Crippen molar-refractivity contribution in [1.82, 2.24) is 0 Å². The lowest BCUT2D eigenvalue weighted by atomic mass is 9.70. The summed E-state index contributed by atoms with van der Waals surface area (Å²) < 4.78 is 0. The maximum Gasteiger partial charge on any atom is 0.0129 e. The van der Waals surface area contributed by atoms with Crippen molar-refractivity contribution in [1.29, 1.82) is 0 Å². The van der Waals surface area contributed by atoms with Gasteiger partial charge in [-0.3, -0.25) is 0 Å². The van der Waals surface area contributed by atoms with Crippen LogP contribution in [0.3, 0.4) is 0 Å². The first kappa shape index (κ1) is 15.2. The van der Waals surface area contributed by atoms with Gasteiger partial charge in [0.15, 0.2) is 0 Å². The number of benzene rings is 2. The Labute approximate surface area is 140 Å². The van der Waals surface area contributed by atoms with Gasteiger partial charge in [-0.2, -0.15) is 0 Å². The van der Waals surface area contributed by atoms with E-state index < -0.39 is 0 Å². The molecule has 0 radical (unpaired) electrons. The van der Waals surface area contributed by atoms with Crippen molar-refractivity contribution in [2.75, 3.05) is 11.1 Å². The molecule has 0 saturated carbocycles. The SMILES string of the molecule is BrCC1(CCSc2ccccc2)CCCc2ccccc21. The summed E-state index contributed by atoms with van der Waals surface area (Å²) in [4.78, 5) is 1.38. The minimum absolute atomic E-state index is 0.330.